The standard InChI is InChI=1S/C22H25BrN2O3S/c1-22-15-19(16-7-3-2-4-8-16)25(20(22)9-5-6-10-21(26)24-22)29(27,28)18-13-11-17(23)12-14-18/h2-4,7-8,11-14,19-20H,5-6,9-10,15H2,1H3,(H,24,26)/t19-,20-,22-/m0/s1. The number of sulfonamides is 1. The molecule has 0 aliphatic carbocycles. The topological polar surface area (TPSA) is 66.5 Å². The van der Waals surface area contributed by atoms with Crippen LogP contribution in [0.5, 0.6) is 0 Å². The Hall–Kier alpha value is -1.70. The van der Waals surface area contributed by atoms with E-state index in [0.29, 0.717) is 12.8 Å². The molecule has 0 aromatic heterocycles. The lowest BCUT2D eigenvalue weighted by molar-refractivity contribution is -0.123. The summed E-state index contributed by atoms with van der Waals surface area (Å²) in [5.41, 5.74) is 0.357. The molecule has 154 valence electrons. The van der Waals surface area contributed by atoms with Crippen molar-refractivity contribution in [2.75, 3.05) is 0 Å². The van der Waals surface area contributed by atoms with Gasteiger partial charge in [0.05, 0.1) is 16.5 Å². The third kappa shape index (κ3) is 3.88. The first-order valence-corrected chi connectivity index (χ1v) is 12.2. The molecule has 2 aromatic carbocycles. The zero-order valence-electron chi connectivity index (χ0n) is 16.3. The Kier molecular flexibility index (Phi) is 5.57. The minimum Gasteiger partial charge on any atom is -0.349 e. The maximum absolute atomic E-state index is 13.8. The van der Waals surface area contributed by atoms with Crippen LogP contribution < -0.4 is 5.32 Å². The highest BCUT2D eigenvalue weighted by Crippen LogP contribution is 2.47. The molecule has 1 amide bonds. The quantitative estimate of drug-likeness (QED) is 0.713. The molecule has 0 bridgehead atoms. The van der Waals surface area contributed by atoms with Gasteiger partial charge in [-0.05, 0) is 56.0 Å². The summed E-state index contributed by atoms with van der Waals surface area (Å²) in [6.07, 6.45) is 3.40. The molecular formula is C22H25BrN2O3S. The molecule has 1 N–H and O–H groups in total. The lowest BCUT2D eigenvalue weighted by atomic mass is 9.85. The Morgan fingerprint density at radius 2 is 1.76 bits per heavy atom. The van der Waals surface area contributed by atoms with Gasteiger partial charge in [-0.3, -0.25) is 4.79 Å². The first kappa shape index (κ1) is 20.6. The molecule has 2 fully saturated rings. The number of nitrogens with one attached hydrogen (secondary N) is 1. The van der Waals surface area contributed by atoms with E-state index in [1.165, 1.54) is 0 Å². The van der Waals surface area contributed by atoms with E-state index < -0.39 is 15.6 Å². The second-order valence-corrected chi connectivity index (χ2v) is 10.9. The fraction of sp³-hybridized carbons (Fsp3) is 0.409. The van der Waals surface area contributed by atoms with E-state index in [2.05, 4.69) is 21.2 Å². The number of rotatable bonds is 3. The van der Waals surface area contributed by atoms with Crippen LogP contribution in [0.3, 0.4) is 0 Å². The summed E-state index contributed by atoms with van der Waals surface area (Å²) in [6.45, 7) is 1.99. The molecule has 0 spiro atoms. The van der Waals surface area contributed by atoms with Crippen molar-refractivity contribution in [3.8, 4) is 0 Å². The first-order valence-electron chi connectivity index (χ1n) is 9.96. The van der Waals surface area contributed by atoms with Gasteiger partial charge in [-0.15, -0.1) is 0 Å². The number of benzene rings is 2. The number of carbonyl (C=O) groups excluding carboxylic acids is 1. The molecule has 2 aliphatic heterocycles. The number of hydrogen-bond acceptors (Lipinski definition) is 3. The number of nitrogens with zero attached hydrogens (tertiary/aromatic N) is 1. The molecule has 3 atom stereocenters. The van der Waals surface area contributed by atoms with Crippen molar-refractivity contribution in [1.82, 2.24) is 9.62 Å². The van der Waals surface area contributed by atoms with Crippen LogP contribution in [0, 0.1) is 0 Å². The highest BCUT2D eigenvalue weighted by Gasteiger charge is 2.55. The lowest BCUT2D eigenvalue weighted by Crippen LogP contribution is -2.56. The van der Waals surface area contributed by atoms with E-state index in [1.54, 1.807) is 28.6 Å². The molecule has 7 heteroatoms. The summed E-state index contributed by atoms with van der Waals surface area (Å²) in [5, 5.41) is 3.17. The van der Waals surface area contributed by atoms with E-state index in [0.717, 1.165) is 29.3 Å². The van der Waals surface area contributed by atoms with Crippen LogP contribution in [0.25, 0.3) is 0 Å². The van der Waals surface area contributed by atoms with Crippen LogP contribution in [-0.4, -0.2) is 30.2 Å². The van der Waals surface area contributed by atoms with Crippen molar-refractivity contribution in [1.29, 1.82) is 0 Å². The molecule has 0 saturated carbocycles. The Bertz CT molecular complexity index is 994. The van der Waals surface area contributed by atoms with Gasteiger partial charge in [0.1, 0.15) is 0 Å². The molecule has 5 nitrogen and oxygen atoms in total. The molecule has 0 unspecified atom stereocenters. The van der Waals surface area contributed by atoms with E-state index >= 15 is 0 Å². The SMILES string of the molecule is C[C@]12C[C@@H](c3ccccc3)N(S(=O)(=O)c3ccc(Br)cc3)[C@H]1CCCCC(=O)N2. The van der Waals surface area contributed by atoms with Crippen molar-refractivity contribution in [3.63, 3.8) is 0 Å². The third-order valence-electron chi connectivity index (χ3n) is 6.10. The zero-order chi connectivity index (χ0) is 20.6. The van der Waals surface area contributed by atoms with E-state index in [-0.39, 0.29) is 22.9 Å². The Labute approximate surface area is 180 Å². The van der Waals surface area contributed by atoms with Gasteiger partial charge in [-0.1, -0.05) is 52.7 Å². The van der Waals surface area contributed by atoms with Gasteiger partial charge >= 0.3 is 0 Å². The van der Waals surface area contributed by atoms with Crippen LogP contribution in [0.2, 0.25) is 0 Å². The van der Waals surface area contributed by atoms with Crippen LogP contribution in [0.4, 0.5) is 0 Å². The number of hydrogen-bond donors (Lipinski definition) is 1. The zero-order valence-corrected chi connectivity index (χ0v) is 18.7. The number of carbonyl (C=O) groups is 1. The van der Waals surface area contributed by atoms with Gasteiger partial charge in [0, 0.05) is 16.9 Å². The van der Waals surface area contributed by atoms with E-state index in [1.807, 2.05) is 37.3 Å². The second-order valence-electron chi connectivity index (χ2n) is 8.15. The molecule has 4 rings (SSSR count). The lowest BCUT2D eigenvalue weighted by Gasteiger charge is -2.37. The Balaban J connectivity index is 1.84. The predicted octanol–water partition coefficient (Wildman–Crippen LogP) is 4.40. The largest absolute Gasteiger partial charge is 0.349 e. The molecule has 0 radical (unpaired) electrons. The average Bonchev–Trinajstić information content (AvgIpc) is 2.97. The van der Waals surface area contributed by atoms with E-state index in [9.17, 15) is 13.2 Å². The summed E-state index contributed by atoms with van der Waals surface area (Å²) in [6, 6.07) is 15.9. The maximum atomic E-state index is 13.8. The fourth-order valence-electron chi connectivity index (χ4n) is 4.71. The minimum absolute atomic E-state index is 0.00639. The summed E-state index contributed by atoms with van der Waals surface area (Å²) in [5.74, 6) is 0.00639. The number of amides is 1. The first-order chi connectivity index (χ1) is 13.8. The number of fused-ring (bicyclic) bond motifs is 1. The molecule has 2 aromatic rings. The highest BCUT2D eigenvalue weighted by atomic mass is 79.9. The molecular weight excluding hydrogens is 452 g/mol. The van der Waals surface area contributed by atoms with Crippen LogP contribution in [0.1, 0.15) is 50.6 Å². The number of halogens is 1. The van der Waals surface area contributed by atoms with Crippen LogP contribution in [-0.2, 0) is 14.8 Å². The summed E-state index contributed by atoms with van der Waals surface area (Å²) in [4.78, 5) is 12.7. The molecule has 2 heterocycles. The monoisotopic (exact) mass is 476 g/mol. The van der Waals surface area contributed by atoms with Crippen molar-refractivity contribution in [3.05, 3.63) is 64.6 Å². The van der Waals surface area contributed by atoms with Crippen molar-refractivity contribution >= 4 is 31.9 Å². The van der Waals surface area contributed by atoms with Gasteiger partial charge in [0.25, 0.3) is 0 Å². The van der Waals surface area contributed by atoms with Gasteiger partial charge in [0.15, 0.2) is 0 Å². The maximum Gasteiger partial charge on any atom is 0.243 e. The van der Waals surface area contributed by atoms with Gasteiger partial charge < -0.3 is 5.32 Å². The van der Waals surface area contributed by atoms with Gasteiger partial charge in [-0.2, -0.15) is 4.31 Å². The molecule has 2 saturated heterocycles. The third-order valence-corrected chi connectivity index (χ3v) is 8.56. The minimum atomic E-state index is -3.75. The molecule has 2 aliphatic rings. The summed E-state index contributed by atoms with van der Waals surface area (Å²) >= 11 is 3.38. The van der Waals surface area contributed by atoms with Gasteiger partial charge in [-0.25, -0.2) is 8.42 Å². The summed E-state index contributed by atoms with van der Waals surface area (Å²) in [7, 11) is -3.75. The Morgan fingerprint density at radius 3 is 2.45 bits per heavy atom. The summed E-state index contributed by atoms with van der Waals surface area (Å²) < 4.78 is 30.1. The molecule has 29 heavy (non-hydrogen) atoms. The second kappa shape index (κ2) is 7.85. The van der Waals surface area contributed by atoms with Crippen molar-refractivity contribution in [2.45, 2.75) is 61.5 Å². The smallest absolute Gasteiger partial charge is 0.243 e. The van der Waals surface area contributed by atoms with Crippen molar-refractivity contribution in [2.24, 2.45) is 0 Å². The highest BCUT2D eigenvalue weighted by molar-refractivity contribution is 9.10. The fourth-order valence-corrected chi connectivity index (χ4v) is 6.91. The Morgan fingerprint density at radius 1 is 1.07 bits per heavy atom. The van der Waals surface area contributed by atoms with Crippen molar-refractivity contribution < 1.29 is 13.2 Å². The average molecular weight is 477 g/mol. The van der Waals surface area contributed by atoms with Crippen LogP contribution >= 0.6 is 15.9 Å². The van der Waals surface area contributed by atoms with E-state index in [4.69, 9.17) is 0 Å². The normalized spacial score (nSPS) is 28.3. The van der Waals surface area contributed by atoms with Gasteiger partial charge in [0.2, 0.25) is 15.9 Å². The van der Waals surface area contributed by atoms with Crippen LogP contribution in [0.15, 0.2) is 64.0 Å². The predicted molar refractivity (Wildman–Crippen MR) is 116 cm³/mol.